The average molecular weight is 427 g/mol. The number of benzene rings is 2. The van der Waals surface area contributed by atoms with E-state index < -0.39 is 10.0 Å². The van der Waals surface area contributed by atoms with Gasteiger partial charge in [0.05, 0.1) is 25.3 Å². The van der Waals surface area contributed by atoms with Crippen LogP contribution in [0.4, 0.5) is 0 Å². The molecule has 1 saturated heterocycles. The maximum atomic E-state index is 13.0. The molecule has 136 valence electrons. The van der Waals surface area contributed by atoms with Crippen LogP contribution in [-0.4, -0.2) is 30.8 Å². The zero-order valence-electron chi connectivity index (χ0n) is 13.7. The molecule has 2 heterocycles. The minimum atomic E-state index is -3.70. The van der Waals surface area contributed by atoms with Crippen LogP contribution in [0.15, 0.2) is 47.4 Å². The van der Waals surface area contributed by atoms with Crippen LogP contribution in [0.5, 0.6) is 0 Å². The number of para-hydroxylation sites is 1. The highest BCUT2D eigenvalue weighted by Crippen LogP contribution is 2.37. The number of hydrogen-bond donors (Lipinski definition) is 0. The molecule has 1 aliphatic heterocycles. The van der Waals surface area contributed by atoms with Gasteiger partial charge in [-0.15, -0.1) is 11.3 Å². The second-order valence-corrected chi connectivity index (χ2v) is 10.0. The summed E-state index contributed by atoms with van der Waals surface area (Å²) in [5.41, 5.74) is 1.01. The van der Waals surface area contributed by atoms with Gasteiger partial charge in [-0.1, -0.05) is 41.4 Å². The van der Waals surface area contributed by atoms with E-state index in [1.807, 2.05) is 18.2 Å². The van der Waals surface area contributed by atoms with Gasteiger partial charge in [-0.3, -0.25) is 0 Å². The predicted octanol–water partition coefficient (Wildman–Crippen LogP) is 5.17. The first kappa shape index (κ1) is 18.2. The fraction of sp³-hybridized carbons (Fsp3) is 0.278. The summed E-state index contributed by atoms with van der Waals surface area (Å²) in [6.07, 6.45) is 1.47. The van der Waals surface area contributed by atoms with Gasteiger partial charge in [-0.05, 0) is 37.1 Å². The minimum Gasteiger partial charge on any atom is -0.241 e. The van der Waals surface area contributed by atoms with Crippen molar-refractivity contribution in [2.75, 3.05) is 13.1 Å². The topological polar surface area (TPSA) is 50.3 Å². The lowest BCUT2D eigenvalue weighted by atomic mass is 9.99. The zero-order chi connectivity index (χ0) is 18.3. The first-order chi connectivity index (χ1) is 12.5. The fourth-order valence-electron chi connectivity index (χ4n) is 3.27. The second kappa shape index (κ2) is 7.09. The molecule has 0 atom stereocenters. The molecule has 0 aliphatic carbocycles. The van der Waals surface area contributed by atoms with Gasteiger partial charge in [0.1, 0.15) is 4.90 Å². The van der Waals surface area contributed by atoms with Gasteiger partial charge in [0.25, 0.3) is 0 Å². The Balaban J connectivity index is 1.54. The molecule has 1 fully saturated rings. The van der Waals surface area contributed by atoms with Gasteiger partial charge in [-0.2, -0.15) is 4.31 Å². The SMILES string of the molecule is O=S(=O)(c1c(Cl)cccc1Cl)N1CCC(c2nc3ccccc3s2)CC1. The van der Waals surface area contributed by atoms with E-state index in [-0.39, 0.29) is 20.9 Å². The Morgan fingerprint density at radius 1 is 1.00 bits per heavy atom. The van der Waals surface area contributed by atoms with Gasteiger partial charge < -0.3 is 0 Å². The van der Waals surface area contributed by atoms with Gasteiger partial charge >= 0.3 is 0 Å². The first-order valence-corrected chi connectivity index (χ1v) is 11.3. The Morgan fingerprint density at radius 2 is 1.65 bits per heavy atom. The monoisotopic (exact) mass is 426 g/mol. The number of hydrogen-bond acceptors (Lipinski definition) is 4. The summed E-state index contributed by atoms with van der Waals surface area (Å²) in [6, 6.07) is 12.8. The van der Waals surface area contributed by atoms with Crippen molar-refractivity contribution >= 4 is 54.8 Å². The number of sulfonamides is 1. The molecular formula is C18H16Cl2N2O2S2. The van der Waals surface area contributed by atoms with Gasteiger partial charge in [-0.25, -0.2) is 13.4 Å². The van der Waals surface area contributed by atoms with E-state index in [0.717, 1.165) is 23.4 Å². The third-order valence-corrected chi connectivity index (χ3v) is 8.68. The van der Waals surface area contributed by atoms with Crippen LogP contribution in [0, 0.1) is 0 Å². The third-order valence-electron chi connectivity index (χ3n) is 4.63. The fourth-order valence-corrected chi connectivity index (χ4v) is 6.96. The highest BCUT2D eigenvalue weighted by molar-refractivity contribution is 7.89. The van der Waals surface area contributed by atoms with Gasteiger partial charge in [0.15, 0.2) is 0 Å². The van der Waals surface area contributed by atoms with E-state index >= 15 is 0 Å². The van der Waals surface area contributed by atoms with Crippen LogP contribution < -0.4 is 0 Å². The number of rotatable bonds is 3. The Labute approximate surface area is 166 Å². The number of nitrogens with zero attached hydrogens (tertiary/aromatic N) is 2. The molecule has 8 heteroatoms. The van der Waals surface area contributed by atoms with E-state index in [1.54, 1.807) is 29.5 Å². The summed E-state index contributed by atoms with van der Waals surface area (Å²) in [6.45, 7) is 0.870. The maximum Gasteiger partial charge on any atom is 0.246 e. The quantitative estimate of drug-likeness (QED) is 0.579. The Kier molecular flexibility index (Phi) is 4.96. The molecule has 4 nitrogen and oxygen atoms in total. The maximum absolute atomic E-state index is 13.0. The van der Waals surface area contributed by atoms with Crippen LogP contribution in [0.25, 0.3) is 10.2 Å². The van der Waals surface area contributed by atoms with E-state index in [4.69, 9.17) is 28.2 Å². The molecule has 0 unspecified atom stereocenters. The van der Waals surface area contributed by atoms with Crippen molar-refractivity contribution in [3.8, 4) is 0 Å². The van der Waals surface area contributed by atoms with Crippen molar-refractivity contribution in [3.63, 3.8) is 0 Å². The average Bonchev–Trinajstić information content (AvgIpc) is 3.05. The lowest BCUT2D eigenvalue weighted by Gasteiger charge is -2.30. The minimum absolute atomic E-state index is 0.00164. The molecule has 3 aromatic rings. The van der Waals surface area contributed by atoms with E-state index in [0.29, 0.717) is 13.1 Å². The molecule has 26 heavy (non-hydrogen) atoms. The second-order valence-electron chi connectivity index (χ2n) is 6.25. The number of fused-ring (bicyclic) bond motifs is 1. The van der Waals surface area contributed by atoms with Gasteiger partial charge in [0.2, 0.25) is 10.0 Å². The molecular weight excluding hydrogens is 411 g/mol. The van der Waals surface area contributed by atoms with Crippen LogP contribution >= 0.6 is 34.5 Å². The Morgan fingerprint density at radius 3 is 2.31 bits per heavy atom. The van der Waals surface area contributed by atoms with Crippen molar-refractivity contribution in [3.05, 3.63) is 57.5 Å². The lowest BCUT2D eigenvalue weighted by molar-refractivity contribution is 0.319. The first-order valence-electron chi connectivity index (χ1n) is 8.26. The van der Waals surface area contributed by atoms with Crippen LogP contribution in [0.2, 0.25) is 10.0 Å². The van der Waals surface area contributed by atoms with Crippen molar-refractivity contribution in [1.82, 2.24) is 9.29 Å². The summed E-state index contributed by atoms with van der Waals surface area (Å²) >= 11 is 13.9. The predicted molar refractivity (Wildman–Crippen MR) is 107 cm³/mol. The van der Waals surface area contributed by atoms with Crippen molar-refractivity contribution < 1.29 is 8.42 Å². The normalized spacial score (nSPS) is 17.0. The van der Waals surface area contributed by atoms with E-state index in [9.17, 15) is 8.42 Å². The van der Waals surface area contributed by atoms with E-state index in [2.05, 4.69) is 6.07 Å². The molecule has 1 aromatic heterocycles. The Bertz CT molecular complexity index is 1000. The van der Waals surface area contributed by atoms with Crippen molar-refractivity contribution in [2.45, 2.75) is 23.7 Å². The van der Waals surface area contributed by atoms with Gasteiger partial charge in [0, 0.05) is 19.0 Å². The molecule has 2 aromatic carbocycles. The van der Waals surface area contributed by atoms with Crippen molar-refractivity contribution in [1.29, 1.82) is 0 Å². The lowest BCUT2D eigenvalue weighted by Crippen LogP contribution is -2.38. The molecule has 0 saturated carbocycles. The molecule has 0 N–H and O–H groups in total. The number of thiazole rings is 1. The number of piperidine rings is 1. The standard InChI is InChI=1S/C18H16Cl2N2O2S2/c19-13-4-3-5-14(20)17(13)26(23,24)22-10-8-12(9-11-22)18-21-15-6-1-2-7-16(15)25-18/h1-7,12H,8-11H2. The highest BCUT2D eigenvalue weighted by Gasteiger charge is 2.33. The number of halogens is 2. The van der Waals surface area contributed by atoms with E-state index in [1.165, 1.54) is 9.01 Å². The summed E-state index contributed by atoms with van der Waals surface area (Å²) in [4.78, 5) is 4.72. The Hall–Kier alpha value is -1.18. The van der Waals surface area contributed by atoms with Crippen molar-refractivity contribution in [2.24, 2.45) is 0 Å². The molecule has 0 bridgehead atoms. The largest absolute Gasteiger partial charge is 0.246 e. The third kappa shape index (κ3) is 3.25. The summed E-state index contributed by atoms with van der Waals surface area (Å²) in [5, 5.41) is 1.40. The molecule has 0 amide bonds. The van der Waals surface area contributed by atoms with Crippen LogP contribution in [0.3, 0.4) is 0 Å². The van der Waals surface area contributed by atoms with Crippen LogP contribution in [0.1, 0.15) is 23.8 Å². The highest BCUT2D eigenvalue weighted by atomic mass is 35.5. The summed E-state index contributed by atoms with van der Waals surface area (Å²) < 4.78 is 28.6. The number of aromatic nitrogens is 1. The summed E-state index contributed by atoms with van der Waals surface area (Å²) in [5.74, 6) is 0.278. The molecule has 0 radical (unpaired) electrons. The summed E-state index contributed by atoms with van der Waals surface area (Å²) in [7, 11) is -3.70. The molecule has 4 rings (SSSR count). The van der Waals surface area contributed by atoms with Crippen LogP contribution in [-0.2, 0) is 10.0 Å². The smallest absolute Gasteiger partial charge is 0.241 e. The zero-order valence-corrected chi connectivity index (χ0v) is 16.9. The molecule has 1 aliphatic rings. The molecule has 0 spiro atoms.